The Kier molecular flexibility index (Phi) is 7.24. The molecule has 1 aliphatic rings. The fraction of sp³-hybridized carbons (Fsp3) is 0.364. The van der Waals surface area contributed by atoms with Crippen LogP contribution in [0.15, 0.2) is 42.5 Å². The van der Waals surface area contributed by atoms with E-state index >= 15 is 0 Å². The van der Waals surface area contributed by atoms with Gasteiger partial charge >= 0.3 is 0 Å². The van der Waals surface area contributed by atoms with Crippen molar-refractivity contribution in [1.29, 1.82) is 0 Å². The van der Waals surface area contributed by atoms with Gasteiger partial charge in [0.15, 0.2) is 11.5 Å². The number of halogens is 1. The van der Waals surface area contributed by atoms with Crippen molar-refractivity contribution in [2.24, 2.45) is 0 Å². The summed E-state index contributed by atoms with van der Waals surface area (Å²) in [6.07, 6.45) is 0.0821. The molecule has 3 rings (SSSR count). The Morgan fingerprint density at radius 2 is 1.97 bits per heavy atom. The smallest absolute Gasteiger partial charge is 0.254 e. The van der Waals surface area contributed by atoms with Crippen LogP contribution in [0.1, 0.15) is 29.3 Å². The SMILES string of the molecule is COC[C@H](C)N(Cc1ccc2c(c1)OCO2)C(=O)CCNC(=O)c1ccccc1F. The number of rotatable bonds is 9. The summed E-state index contributed by atoms with van der Waals surface area (Å²) in [5, 5.41) is 2.60. The highest BCUT2D eigenvalue weighted by molar-refractivity contribution is 5.94. The topological polar surface area (TPSA) is 77.1 Å². The van der Waals surface area contributed by atoms with Gasteiger partial charge in [0.1, 0.15) is 5.82 Å². The first-order chi connectivity index (χ1) is 14.5. The first kappa shape index (κ1) is 21.6. The number of hydrogen-bond acceptors (Lipinski definition) is 5. The Hall–Kier alpha value is -3.13. The van der Waals surface area contributed by atoms with Crippen LogP contribution in [0, 0.1) is 5.82 Å². The van der Waals surface area contributed by atoms with E-state index in [0.29, 0.717) is 24.7 Å². The Morgan fingerprint density at radius 1 is 1.20 bits per heavy atom. The van der Waals surface area contributed by atoms with Gasteiger partial charge < -0.3 is 24.4 Å². The van der Waals surface area contributed by atoms with Crippen molar-refractivity contribution in [1.82, 2.24) is 10.2 Å². The van der Waals surface area contributed by atoms with Crippen LogP contribution < -0.4 is 14.8 Å². The van der Waals surface area contributed by atoms with Crippen LogP contribution in [0.5, 0.6) is 11.5 Å². The van der Waals surface area contributed by atoms with Gasteiger partial charge in [-0.25, -0.2) is 4.39 Å². The van der Waals surface area contributed by atoms with Gasteiger partial charge in [-0.1, -0.05) is 18.2 Å². The molecule has 0 saturated heterocycles. The van der Waals surface area contributed by atoms with E-state index in [2.05, 4.69) is 5.32 Å². The van der Waals surface area contributed by atoms with Gasteiger partial charge in [-0.05, 0) is 36.8 Å². The molecule has 7 nitrogen and oxygen atoms in total. The summed E-state index contributed by atoms with van der Waals surface area (Å²) in [5.41, 5.74) is 0.848. The maximum Gasteiger partial charge on any atom is 0.254 e. The van der Waals surface area contributed by atoms with Gasteiger partial charge in [0, 0.05) is 26.6 Å². The van der Waals surface area contributed by atoms with E-state index in [4.69, 9.17) is 14.2 Å². The Labute approximate surface area is 174 Å². The zero-order valence-electron chi connectivity index (χ0n) is 17.0. The van der Waals surface area contributed by atoms with Crippen molar-refractivity contribution in [3.63, 3.8) is 0 Å². The second kappa shape index (κ2) is 10.1. The van der Waals surface area contributed by atoms with E-state index in [-0.39, 0.29) is 37.3 Å². The van der Waals surface area contributed by atoms with Gasteiger partial charge in [-0.3, -0.25) is 9.59 Å². The first-order valence-corrected chi connectivity index (χ1v) is 9.69. The Bertz CT molecular complexity index is 905. The first-order valence-electron chi connectivity index (χ1n) is 9.69. The average molecular weight is 416 g/mol. The molecule has 2 aromatic carbocycles. The van der Waals surface area contributed by atoms with Crippen molar-refractivity contribution >= 4 is 11.8 Å². The van der Waals surface area contributed by atoms with Gasteiger partial charge in [0.2, 0.25) is 12.7 Å². The summed E-state index contributed by atoms with van der Waals surface area (Å²) in [6.45, 7) is 2.91. The van der Waals surface area contributed by atoms with Crippen LogP contribution in [0.4, 0.5) is 4.39 Å². The van der Waals surface area contributed by atoms with Crippen molar-refractivity contribution in [3.8, 4) is 11.5 Å². The summed E-state index contributed by atoms with van der Waals surface area (Å²) < 4.78 is 29.6. The number of benzene rings is 2. The largest absolute Gasteiger partial charge is 0.454 e. The van der Waals surface area contributed by atoms with E-state index in [1.54, 1.807) is 18.1 Å². The molecule has 0 unspecified atom stereocenters. The summed E-state index contributed by atoms with van der Waals surface area (Å²) in [4.78, 5) is 26.7. The van der Waals surface area contributed by atoms with E-state index in [1.165, 1.54) is 18.2 Å². The van der Waals surface area contributed by atoms with Crippen LogP contribution in [0.25, 0.3) is 0 Å². The van der Waals surface area contributed by atoms with Crippen LogP contribution in [-0.2, 0) is 16.1 Å². The maximum atomic E-state index is 13.7. The number of ether oxygens (including phenoxy) is 3. The van der Waals surface area contributed by atoms with E-state index in [9.17, 15) is 14.0 Å². The highest BCUT2D eigenvalue weighted by atomic mass is 19.1. The zero-order valence-corrected chi connectivity index (χ0v) is 17.0. The molecule has 1 heterocycles. The fourth-order valence-corrected chi connectivity index (χ4v) is 3.22. The van der Waals surface area contributed by atoms with Gasteiger partial charge in [-0.15, -0.1) is 0 Å². The van der Waals surface area contributed by atoms with Crippen molar-refractivity contribution in [3.05, 3.63) is 59.4 Å². The molecule has 0 bridgehead atoms. The molecule has 2 aromatic rings. The molecule has 2 amide bonds. The summed E-state index contributed by atoms with van der Waals surface area (Å²) in [5.74, 6) is 0.0348. The number of methoxy groups -OCH3 is 1. The molecule has 0 spiro atoms. The molecule has 0 aliphatic carbocycles. The monoisotopic (exact) mass is 416 g/mol. The third-order valence-electron chi connectivity index (χ3n) is 4.79. The Morgan fingerprint density at radius 3 is 2.73 bits per heavy atom. The number of nitrogens with zero attached hydrogens (tertiary/aromatic N) is 1. The third kappa shape index (κ3) is 5.27. The normalized spacial score (nSPS) is 13.0. The number of amides is 2. The second-order valence-corrected chi connectivity index (χ2v) is 7.00. The predicted octanol–water partition coefficient (Wildman–Crippen LogP) is 2.74. The lowest BCUT2D eigenvalue weighted by Gasteiger charge is -2.29. The third-order valence-corrected chi connectivity index (χ3v) is 4.79. The van der Waals surface area contributed by atoms with Crippen LogP contribution in [0.2, 0.25) is 0 Å². The number of carbonyl (C=O) groups excluding carboxylic acids is 2. The lowest BCUT2D eigenvalue weighted by Crippen LogP contribution is -2.42. The lowest BCUT2D eigenvalue weighted by atomic mass is 10.1. The van der Waals surface area contributed by atoms with E-state index in [1.807, 2.05) is 25.1 Å². The number of carbonyl (C=O) groups is 2. The molecule has 0 fully saturated rings. The van der Waals surface area contributed by atoms with Gasteiger partial charge in [-0.2, -0.15) is 0 Å². The number of fused-ring (bicyclic) bond motifs is 1. The second-order valence-electron chi connectivity index (χ2n) is 7.00. The quantitative estimate of drug-likeness (QED) is 0.680. The van der Waals surface area contributed by atoms with Crippen LogP contribution in [-0.4, -0.2) is 49.8 Å². The minimum Gasteiger partial charge on any atom is -0.454 e. The molecular weight excluding hydrogens is 391 g/mol. The molecular formula is C22H25FN2O5. The molecule has 30 heavy (non-hydrogen) atoms. The standard InChI is InChI=1S/C22H25FN2O5/c1-15(13-28-2)25(12-16-7-8-19-20(11-16)30-14-29-19)21(26)9-10-24-22(27)17-5-3-4-6-18(17)23/h3-8,11,15H,9-10,12-14H2,1-2H3,(H,24,27)/t15-/m0/s1. The average Bonchev–Trinajstić information content (AvgIpc) is 3.20. The van der Waals surface area contributed by atoms with E-state index in [0.717, 1.165) is 5.56 Å². The molecule has 8 heteroatoms. The minimum absolute atomic E-state index is 0.0464. The van der Waals surface area contributed by atoms with Gasteiger partial charge in [0.05, 0.1) is 18.2 Å². The van der Waals surface area contributed by atoms with Gasteiger partial charge in [0.25, 0.3) is 5.91 Å². The van der Waals surface area contributed by atoms with Crippen LogP contribution >= 0.6 is 0 Å². The summed E-state index contributed by atoms with van der Waals surface area (Å²) in [7, 11) is 1.58. The zero-order chi connectivity index (χ0) is 21.5. The highest BCUT2D eigenvalue weighted by Gasteiger charge is 2.22. The van der Waals surface area contributed by atoms with Crippen molar-refractivity contribution in [2.75, 3.05) is 27.1 Å². The maximum absolute atomic E-state index is 13.7. The molecule has 0 aromatic heterocycles. The molecule has 1 N–H and O–H groups in total. The fourth-order valence-electron chi connectivity index (χ4n) is 3.22. The molecule has 0 radical (unpaired) electrons. The Balaban J connectivity index is 1.61. The molecule has 160 valence electrons. The number of hydrogen-bond donors (Lipinski definition) is 1. The molecule has 1 aliphatic heterocycles. The summed E-state index contributed by atoms with van der Waals surface area (Å²) >= 11 is 0. The highest BCUT2D eigenvalue weighted by Crippen LogP contribution is 2.33. The minimum atomic E-state index is -0.598. The van der Waals surface area contributed by atoms with Crippen LogP contribution in [0.3, 0.4) is 0 Å². The molecule has 0 saturated carbocycles. The van der Waals surface area contributed by atoms with E-state index < -0.39 is 11.7 Å². The number of nitrogens with one attached hydrogen (secondary N) is 1. The predicted molar refractivity (Wildman–Crippen MR) is 108 cm³/mol. The van der Waals surface area contributed by atoms with Crippen molar-refractivity contribution in [2.45, 2.75) is 25.9 Å². The lowest BCUT2D eigenvalue weighted by molar-refractivity contribution is -0.134. The van der Waals surface area contributed by atoms with Crippen molar-refractivity contribution < 1.29 is 28.2 Å². The molecule has 1 atom stereocenters. The summed E-state index contributed by atoms with van der Waals surface area (Å²) in [6, 6.07) is 11.1.